The van der Waals surface area contributed by atoms with Crippen LogP contribution in [0.25, 0.3) is 0 Å². The van der Waals surface area contributed by atoms with Gasteiger partial charge in [0, 0.05) is 24.5 Å². The van der Waals surface area contributed by atoms with Crippen molar-refractivity contribution in [2.75, 3.05) is 26.3 Å². The second-order valence-corrected chi connectivity index (χ2v) is 7.41. The maximum atomic E-state index is 13.6. The zero-order valence-electron chi connectivity index (χ0n) is 15.7. The molecule has 6 heteroatoms. The molecule has 4 nitrogen and oxygen atoms in total. The lowest BCUT2D eigenvalue weighted by Crippen LogP contribution is -2.51. The van der Waals surface area contributed by atoms with Gasteiger partial charge in [-0.3, -0.25) is 9.58 Å². The minimum Gasteiger partial charge on any atom is -0.378 e. The summed E-state index contributed by atoms with van der Waals surface area (Å²) < 4.78 is 34.4. The molecule has 1 unspecified atom stereocenters. The first kappa shape index (κ1) is 18.8. The molecule has 3 heterocycles. The predicted molar refractivity (Wildman–Crippen MR) is 94.3 cm³/mol. The molecule has 142 valence electrons. The third-order valence-corrected chi connectivity index (χ3v) is 5.69. The Labute approximate surface area is 149 Å². The zero-order chi connectivity index (χ0) is 18.0. The average Bonchev–Trinajstić information content (AvgIpc) is 3.11. The van der Waals surface area contributed by atoms with E-state index in [4.69, 9.17) is 4.74 Å². The monoisotopic (exact) mass is 355 g/mol. The highest BCUT2D eigenvalue weighted by Gasteiger charge is 2.42. The van der Waals surface area contributed by atoms with Crippen molar-refractivity contribution in [1.82, 2.24) is 14.7 Å². The Morgan fingerprint density at radius 1 is 1.12 bits per heavy atom. The third-order valence-electron chi connectivity index (χ3n) is 5.69. The van der Waals surface area contributed by atoms with Crippen molar-refractivity contribution < 1.29 is 13.5 Å². The molecule has 1 saturated carbocycles. The summed E-state index contributed by atoms with van der Waals surface area (Å²) in [6.07, 6.45) is 2.66. The van der Waals surface area contributed by atoms with Gasteiger partial charge in [0.05, 0.1) is 31.0 Å². The quantitative estimate of drug-likeness (QED) is 0.816. The number of alkyl halides is 2. The molecule has 0 spiro atoms. The van der Waals surface area contributed by atoms with Gasteiger partial charge in [0.1, 0.15) is 0 Å². The minimum atomic E-state index is -2.52. The molecular weight excluding hydrogens is 324 g/mol. The van der Waals surface area contributed by atoms with Crippen LogP contribution < -0.4 is 0 Å². The first-order valence-corrected chi connectivity index (χ1v) is 9.77. The summed E-state index contributed by atoms with van der Waals surface area (Å²) in [4.78, 5) is 2.51. The number of aromatic nitrogens is 2. The first-order chi connectivity index (χ1) is 12.0. The highest BCUT2D eigenvalue weighted by Crippen LogP contribution is 2.43. The van der Waals surface area contributed by atoms with Gasteiger partial charge >= 0.3 is 0 Å². The largest absolute Gasteiger partial charge is 0.378 e. The molecule has 2 aliphatic heterocycles. The molecule has 0 aromatic carbocycles. The molecule has 0 bridgehead atoms. The van der Waals surface area contributed by atoms with Gasteiger partial charge < -0.3 is 4.74 Å². The van der Waals surface area contributed by atoms with Crippen LogP contribution >= 0.6 is 0 Å². The Morgan fingerprint density at radius 3 is 2.32 bits per heavy atom. The molecule has 1 aromatic heterocycles. The van der Waals surface area contributed by atoms with Crippen LogP contribution in [0.2, 0.25) is 0 Å². The summed E-state index contributed by atoms with van der Waals surface area (Å²) in [6.45, 7) is 9.83. The van der Waals surface area contributed by atoms with E-state index in [2.05, 4.69) is 16.1 Å². The molecule has 1 aliphatic carbocycles. The minimum absolute atomic E-state index is 0.00383. The van der Waals surface area contributed by atoms with Gasteiger partial charge in [0.15, 0.2) is 0 Å². The number of piperidine rings is 1. The number of nitrogens with zero attached hydrogens (tertiary/aromatic N) is 3. The van der Waals surface area contributed by atoms with Gasteiger partial charge in [-0.15, -0.1) is 0 Å². The summed E-state index contributed by atoms with van der Waals surface area (Å²) in [6, 6.07) is 2.58. The Kier molecular flexibility index (Phi) is 5.78. The molecule has 0 N–H and O–H groups in total. The van der Waals surface area contributed by atoms with E-state index >= 15 is 0 Å². The van der Waals surface area contributed by atoms with Gasteiger partial charge in [-0.25, -0.2) is 8.78 Å². The molecule has 25 heavy (non-hydrogen) atoms. The van der Waals surface area contributed by atoms with Crippen molar-refractivity contribution in [2.45, 2.75) is 76.8 Å². The smallest absolute Gasteiger partial charge is 0.250 e. The molecule has 4 rings (SSSR count). The van der Waals surface area contributed by atoms with Crippen LogP contribution in [0, 0.1) is 6.92 Å². The van der Waals surface area contributed by atoms with E-state index in [1.54, 1.807) is 0 Å². The van der Waals surface area contributed by atoms with Crippen molar-refractivity contribution >= 4 is 0 Å². The molecule has 3 aliphatic rings. The Morgan fingerprint density at radius 2 is 1.80 bits per heavy atom. The summed E-state index contributed by atoms with van der Waals surface area (Å²) in [5.74, 6) is -2.07. The van der Waals surface area contributed by atoms with Crippen molar-refractivity contribution in [3.63, 3.8) is 0 Å². The second kappa shape index (κ2) is 7.70. The van der Waals surface area contributed by atoms with Crippen LogP contribution in [0.3, 0.4) is 0 Å². The van der Waals surface area contributed by atoms with E-state index in [0.717, 1.165) is 44.8 Å². The SMILES string of the molecule is CC.Cc1cc(C2CCN(C3COC3)CC2)n(C2CCC(F)(F)C2)n1. The number of halogens is 2. The molecule has 1 atom stereocenters. The van der Waals surface area contributed by atoms with Crippen LogP contribution in [0.1, 0.15) is 69.3 Å². The fourth-order valence-electron chi connectivity index (χ4n) is 4.26. The van der Waals surface area contributed by atoms with E-state index < -0.39 is 5.92 Å². The highest BCUT2D eigenvalue weighted by molar-refractivity contribution is 5.16. The van der Waals surface area contributed by atoms with E-state index in [-0.39, 0.29) is 18.9 Å². The Hall–Kier alpha value is -1.01. The Balaban J connectivity index is 0.000000880. The molecule has 3 fully saturated rings. The molecular formula is C19H31F2N3O. The maximum Gasteiger partial charge on any atom is 0.250 e. The van der Waals surface area contributed by atoms with Crippen molar-refractivity contribution in [1.29, 1.82) is 0 Å². The molecule has 0 amide bonds. The Bertz CT molecular complexity index is 563. The van der Waals surface area contributed by atoms with Gasteiger partial charge in [-0.2, -0.15) is 5.10 Å². The summed E-state index contributed by atoms with van der Waals surface area (Å²) >= 11 is 0. The second-order valence-electron chi connectivity index (χ2n) is 7.41. The normalized spacial score (nSPS) is 27.6. The topological polar surface area (TPSA) is 30.3 Å². The van der Waals surface area contributed by atoms with Gasteiger partial charge in [0.2, 0.25) is 5.92 Å². The lowest BCUT2D eigenvalue weighted by molar-refractivity contribution is -0.0714. The number of rotatable bonds is 3. The molecule has 2 saturated heterocycles. The maximum absolute atomic E-state index is 13.6. The standard InChI is InChI=1S/C17H25F2N3O.C2H6/c1-12-8-16(22(20-12)14-2-5-17(18,19)9-14)13-3-6-21(7-4-13)15-10-23-11-15;1-2/h8,13-15H,2-7,9-11H2,1H3;1-2H3. The lowest BCUT2D eigenvalue weighted by atomic mass is 9.91. The molecule has 0 radical (unpaired) electrons. The zero-order valence-corrected chi connectivity index (χ0v) is 15.7. The van der Waals surface area contributed by atoms with Gasteiger partial charge in [0.25, 0.3) is 0 Å². The van der Waals surface area contributed by atoms with E-state index in [9.17, 15) is 8.78 Å². The highest BCUT2D eigenvalue weighted by atomic mass is 19.3. The van der Waals surface area contributed by atoms with E-state index in [1.165, 1.54) is 5.69 Å². The number of hydrogen-bond acceptors (Lipinski definition) is 3. The average molecular weight is 355 g/mol. The number of ether oxygens (including phenoxy) is 1. The summed E-state index contributed by atoms with van der Waals surface area (Å²) in [7, 11) is 0. The first-order valence-electron chi connectivity index (χ1n) is 9.77. The van der Waals surface area contributed by atoms with E-state index in [0.29, 0.717) is 18.4 Å². The summed E-state index contributed by atoms with van der Waals surface area (Å²) in [5, 5.41) is 4.56. The fourth-order valence-corrected chi connectivity index (χ4v) is 4.26. The van der Waals surface area contributed by atoms with Gasteiger partial charge in [-0.1, -0.05) is 13.8 Å². The van der Waals surface area contributed by atoms with Crippen molar-refractivity contribution in [2.24, 2.45) is 0 Å². The van der Waals surface area contributed by atoms with Crippen LogP contribution in [-0.4, -0.2) is 52.9 Å². The van der Waals surface area contributed by atoms with Crippen LogP contribution in [0.4, 0.5) is 8.78 Å². The fraction of sp³-hybridized carbons (Fsp3) is 0.842. The predicted octanol–water partition coefficient (Wildman–Crippen LogP) is 4.16. The number of likely N-dealkylation sites (tertiary alicyclic amines) is 1. The number of aryl methyl sites for hydroxylation is 1. The van der Waals surface area contributed by atoms with Crippen LogP contribution in [0.15, 0.2) is 6.07 Å². The van der Waals surface area contributed by atoms with Crippen molar-refractivity contribution in [3.8, 4) is 0 Å². The summed E-state index contributed by atoms with van der Waals surface area (Å²) in [5.41, 5.74) is 2.12. The van der Waals surface area contributed by atoms with E-state index in [1.807, 2.05) is 25.5 Å². The molecule has 1 aromatic rings. The number of hydrogen-bond donors (Lipinski definition) is 0. The lowest BCUT2D eigenvalue weighted by Gasteiger charge is -2.41. The van der Waals surface area contributed by atoms with Gasteiger partial charge in [-0.05, 0) is 45.3 Å². The van der Waals surface area contributed by atoms with Crippen LogP contribution in [0.5, 0.6) is 0 Å². The third kappa shape index (κ3) is 4.05. The van der Waals surface area contributed by atoms with Crippen molar-refractivity contribution in [3.05, 3.63) is 17.5 Å². The van der Waals surface area contributed by atoms with Crippen LogP contribution in [-0.2, 0) is 4.74 Å².